The van der Waals surface area contributed by atoms with Crippen LogP contribution >= 0.6 is 0 Å². The van der Waals surface area contributed by atoms with Gasteiger partial charge >= 0.3 is 11.8 Å². The maximum Gasteiger partial charge on any atom is 0.410 e. The van der Waals surface area contributed by atoms with Crippen LogP contribution in [0.1, 0.15) is 38.1 Å². The summed E-state index contributed by atoms with van der Waals surface area (Å²) in [5, 5.41) is 3.04. The lowest BCUT2D eigenvalue weighted by Crippen LogP contribution is -2.54. The molecular weight excluding hydrogens is 474 g/mol. The first-order valence-corrected chi connectivity index (χ1v) is 12.3. The number of para-hydroxylation sites is 1. The van der Waals surface area contributed by atoms with Gasteiger partial charge in [-0.1, -0.05) is 12.1 Å². The average Bonchev–Trinajstić information content (AvgIpc) is 3.05. The maximum atomic E-state index is 13.3. The molecule has 0 spiro atoms. The second-order valence-corrected chi connectivity index (χ2v) is 10.4. The first kappa shape index (κ1) is 26.1. The minimum absolute atomic E-state index is 0.0682. The second kappa shape index (κ2) is 9.84. The Balaban J connectivity index is 1.72. The van der Waals surface area contributed by atoms with E-state index in [1.54, 1.807) is 52.4 Å². The van der Waals surface area contributed by atoms with Crippen molar-refractivity contribution in [2.24, 2.45) is 14.1 Å². The number of aryl methyl sites for hydroxylation is 2. The predicted octanol–water partition coefficient (Wildman–Crippen LogP) is 3.58. The molecule has 1 aromatic heterocycles. The van der Waals surface area contributed by atoms with Gasteiger partial charge in [0.2, 0.25) is 0 Å². The molecule has 0 bridgehead atoms. The molecule has 10 heteroatoms. The fourth-order valence-corrected chi connectivity index (χ4v) is 4.70. The summed E-state index contributed by atoms with van der Waals surface area (Å²) < 4.78 is 14.1. The van der Waals surface area contributed by atoms with E-state index in [2.05, 4.69) is 10.2 Å². The van der Waals surface area contributed by atoms with Crippen molar-refractivity contribution in [1.29, 1.82) is 0 Å². The number of ether oxygens (including phenoxy) is 2. The number of methoxy groups -OCH3 is 1. The fraction of sp³-hybridized carbons (Fsp3) is 0.444. The van der Waals surface area contributed by atoms with Crippen LogP contribution < -0.4 is 20.6 Å². The molecule has 0 unspecified atom stereocenters. The molecule has 0 aliphatic carbocycles. The lowest BCUT2D eigenvalue weighted by atomic mass is 10.1. The number of anilines is 2. The van der Waals surface area contributed by atoms with E-state index >= 15 is 0 Å². The van der Waals surface area contributed by atoms with E-state index in [-0.39, 0.29) is 23.7 Å². The van der Waals surface area contributed by atoms with Crippen molar-refractivity contribution in [2.75, 3.05) is 37.0 Å². The lowest BCUT2D eigenvalue weighted by molar-refractivity contribution is 0.0219. The van der Waals surface area contributed by atoms with Crippen molar-refractivity contribution in [3.63, 3.8) is 0 Å². The molecule has 1 atom stereocenters. The standard InChI is InChI=1S/C27H35N5O5/c1-17-16-31(26(35)37-27(2,3)4)12-13-32(17)20-15-22-21(29(5)25(34)30(22)6)14-19(20)28-24(33)18-10-8-9-11-23(18)36-7/h8-11,14-15,17H,12-13,16H2,1-7H3,(H,28,33)/t17-/m1/s1. The van der Waals surface area contributed by atoms with Gasteiger partial charge in [0.25, 0.3) is 5.91 Å². The van der Waals surface area contributed by atoms with Gasteiger partial charge in [-0.2, -0.15) is 0 Å². The Labute approximate surface area is 216 Å². The summed E-state index contributed by atoms with van der Waals surface area (Å²) in [7, 11) is 4.96. The van der Waals surface area contributed by atoms with Gasteiger partial charge in [0, 0.05) is 39.8 Å². The molecule has 0 saturated carbocycles. The highest BCUT2D eigenvalue weighted by Gasteiger charge is 2.32. The first-order valence-electron chi connectivity index (χ1n) is 12.3. The van der Waals surface area contributed by atoms with E-state index in [9.17, 15) is 14.4 Å². The van der Waals surface area contributed by atoms with Gasteiger partial charge in [-0.3, -0.25) is 13.9 Å². The molecule has 1 N–H and O–H groups in total. The van der Waals surface area contributed by atoms with Crippen LogP contribution in [0.3, 0.4) is 0 Å². The number of carbonyl (C=O) groups is 2. The lowest BCUT2D eigenvalue weighted by Gasteiger charge is -2.42. The Bertz CT molecular complexity index is 1400. The highest BCUT2D eigenvalue weighted by molar-refractivity contribution is 6.09. The van der Waals surface area contributed by atoms with Crippen molar-refractivity contribution in [1.82, 2.24) is 14.0 Å². The van der Waals surface area contributed by atoms with Gasteiger partial charge in [0.05, 0.1) is 35.1 Å². The largest absolute Gasteiger partial charge is 0.496 e. The number of imidazole rings is 1. The molecule has 1 aliphatic heterocycles. The maximum absolute atomic E-state index is 13.3. The van der Waals surface area contributed by atoms with Crippen LogP contribution in [0.5, 0.6) is 5.75 Å². The highest BCUT2D eigenvalue weighted by Crippen LogP contribution is 2.34. The van der Waals surface area contributed by atoms with Gasteiger partial charge < -0.3 is 24.6 Å². The third kappa shape index (κ3) is 5.14. The summed E-state index contributed by atoms with van der Waals surface area (Å²) in [6.07, 6.45) is -0.343. The number of nitrogens with one attached hydrogen (secondary N) is 1. The van der Waals surface area contributed by atoms with Crippen molar-refractivity contribution >= 4 is 34.4 Å². The van der Waals surface area contributed by atoms with Crippen molar-refractivity contribution < 1.29 is 19.1 Å². The Kier molecular flexibility index (Phi) is 6.94. The number of aromatic nitrogens is 2. The van der Waals surface area contributed by atoms with Crippen LogP contribution in [0.15, 0.2) is 41.2 Å². The van der Waals surface area contributed by atoms with E-state index in [1.165, 1.54) is 7.11 Å². The number of benzene rings is 2. The van der Waals surface area contributed by atoms with Crippen LogP contribution in [0.4, 0.5) is 16.2 Å². The zero-order chi connectivity index (χ0) is 27.1. The van der Waals surface area contributed by atoms with E-state index in [0.717, 1.165) is 11.2 Å². The number of fused-ring (bicyclic) bond motifs is 1. The van der Waals surface area contributed by atoms with Crippen LogP contribution in [-0.4, -0.2) is 64.4 Å². The highest BCUT2D eigenvalue weighted by atomic mass is 16.6. The smallest absolute Gasteiger partial charge is 0.410 e. The molecule has 37 heavy (non-hydrogen) atoms. The van der Waals surface area contributed by atoms with Crippen molar-refractivity contribution in [3.05, 3.63) is 52.4 Å². The quantitative estimate of drug-likeness (QED) is 0.577. The molecule has 3 aromatic rings. The normalized spacial score (nSPS) is 16.1. The van der Waals surface area contributed by atoms with Gasteiger partial charge in [-0.25, -0.2) is 9.59 Å². The molecule has 198 valence electrons. The number of hydrogen-bond acceptors (Lipinski definition) is 6. The SMILES string of the molecule is COc1ccccc1C(=O)Nc1cc2c(cc1N1CCN(C(=O)OC(C)(C)C)C[C@H]1C)n(C)c(=O)n2C. The molecule has 2 heterocycles. The van der Waals surface area contributed by atoms with E-state index in [4.69, 9.17) is 9.47 Å². The van der Waals surface area contributed by atoms with Crippen molar-refractivity contribution in [3.8, 4) is 5.75 Å². The molecular formula is C27H35N5O5. The number of rotatable bonds is 4. The van der Waals surface area contributed by atoms with Crippen LogP contribution in [0, 0.1) is 0 Å². The Morgan fingerprint density at radius 3 is 2.30 bits per heavy atom. The molecule has 2 aromatic carbocycles. The first-order chi connectivity index (χ1) is 17.4. The minimum atomic E-state index is -0.573. The van der Waals surface area contributed by atoms with Crippen LogP contribution in [-0.2, 0) is 18.8 Å². The number of carbonyl (C=O) groups excluding carboxylic acids is 2. The minimum Gasteiger partial charge on any atom is -0.496 e. The Morgan fingerprint density at radius 1 is 1.03 bits per heavy atom. The Morgan fingerprint density at radius 2 is 1.68 bits per heavy atom. The number of hydrogen-bond donors (Lipinski definition) is 1. The van der Waals surface area contributed by atoms with Gasteiger partial charge in [-0.05, 0) is 52.0 Å². The number of nitrogens with zero attached hydrogens (tertiary/aromatic N) is 4. The third-order valence-corrected chi connectivity index (χ3v) is 6.58. The fourth-order valence-electron chi connectivity index (χ4n) is 4.70. The summed E-state index contributed by atoms with van der Waals surface area (Å²) in [5.74, 6) is 0.146. The summed E-state index contributed by atoms with van der Waals surface area (Å²) in [6, 6.07) is 10.7. The third-order valence-electron chi connectivity index (χ3n) is 6.58. The molecule has 1 aliphatic rings. The molecule has 10 nitrogen and oxygen atoms in total. The van der Waals surface area contributed by atoms with Crippen LogP contribution in [0.2, 0.25) is 0 Å². The predicted molar refractivity (Wildman–Crippen MR) is 144 cm³/mol. The van der Waals surface area contributed by atoms with E-state index in [0.29, 0.717) is 42.2 Å². The molecule has 0 radical (unpaired) electrons. The number of amides is 2. The number of piperazine rings is 1. The summed E-state index contributed by atoms with van der Waals surface area (Å²) >= 11 is 0. The molecule has 2 amide bonds. The zero-order valence-corrected chi connectivity index (χ0v) is 22.5. The van der Waals surface area contributed by atoms with E-state index in [1.807, 2.05) is 39.8 Å². The van der Waals surface area contributed by atoms with Gasteiger partial charge in [0.1, 0.15) is 11.4 Å². The molecule has 1 saturated heterocycles. The van der Waals surface area contributed by atoms with Crippen molar-refractivity contribution in [2.45, 2.75) is 39.3 Å². The molecule has 4 rings (SSSR count). The Hall–Kier alpha value is -3.95. The second-order valence-electron chi connectivity index (χ2n) is 10.4. The van der Waals surface area contributed by atoms with Gasteiger partial charge in [0.15, 0.2) is 0 Å². The van der Waals surface area contributed by atoms with Gasteiger partial charge in [-0.15, -0.1) is 0 Å². The molecule has 1 fully saturated rings. The topological polar surface area (TPSA) is 98.0 Å². The summed E-state index contributed by atoms with van der Waals surface area (Å²) in [4.78, 5) is 42.5. The van der Waals surface area contributed by atoms with E-state index < -0.39 is 5.60 Å². The summed E-state index contributed by atoms with van der Waals surface area (Å²) in [6.45, 7) is 9.02. The summed E-state index contributed by atoms with van der Waals surface area (Å²) in [5.41, 5.74) is 2.47. The van der Waals surface area contributed by atoms with Crippen LogP contribution in [0.25, 0.3) is 11.0 Å². The zero-order valence-electron chi connectivity index (χ0n) is 22.5. The monoisotopic (exact) mass is 509 g/mol. The average molecular weight is 510 g/mol.